The summed E-state index contributed by atoms with van der Waals surface area (Å²) in [5, 5.41) is 10.9. The molecule has 7 nitrogen and oxygen atoms in total. The maximum absolute atomic E-state index is 12.7. The Bertz CT molecular complexity index is 954. The lowest BCUT2D eigenvalue weighted by Crippen LogP contribution is -2.56. The van der Waals surface area contributed by atoms with Gasteiger partial charge in [0.2, 0.25) is 5.91 Å². The van der Waals surface area contributed by atoms with Crippen molar-refractivity contribution >= 4 is 22.8 Å². The normalized spacial score (nSPS) is 21.1. The minimum atomic E-state index is -0.217. The van der Waals surface area contributed by atoms with Crippen molar-refractivity contribution < 1.29 is 9.59 Å². The number of urea groups is 1. The number of nitrogens with zero attached hydrogens (tertiary/aromatic N) is 1. The zero-order valence-corrected chi connectivity index (χ0v) is 18.1. The lowest BCUT2D eigenvalue weighted by atomic mass is 9.79. The summed E-state index contributed by atoms with van der Waals surface area (Å²) in [5.41, 5.74) is 3.84. The predicted molar refractivity (Wildman–Crippen MR) is 121 cm³/mol. The van der Waals surface area contributed by atoms with Gasteiger partial charge in [-0.25, -0.2) is 4.79 Å². The van der Waals surface area contributed by atoms with Crippen LogP contribution in [0.1, 0.15) is 56.2 Å². The number of amides is 3. The van der Waals surface area contributed by atoms with Crippen LogP contribution >= 0.6 is 0 Å². The first kappa shape index (κ1) is 20.4. The molecule has 31 heavy (non-hydrogen) atoms. The number of carbonyl (C=O) groups excluding carboxylic acids is 2. The Morgan fingerprint density at radius 1 is 1.10 bits per heavy atom. The number of nitrogens with one attached hydrogen (secondary N) is 4. The van der Waals surface area contributed by atoms with Crippen molar-refractivity contribution in [2.75, 3.05) is 26.2 Å². The molecule has 3 aliphatic rings. The second-order valence-electron chi connectivity index (χ2n) is 9.33. The number of aromatic amines is 1. The summed E-state index contributed by atoms with van der Waals surface area (Å²) in [4.78, 5) is 30.4. The van der Waals surface area contributed by atoms with Gasteiger partial charge in [0, 0.05) is 42.3 Å². The fourth-order valence-corrected chi connectivity index (χ4v) is 5.70. The molecule has 166 valence electrons. The first-order chi connectivity index (χ1) is 15.1. The van der Waals surface area contributed by atoms with Crippen LogP contribution in [0.5, 0.6) is 0 Å². The third-order valence-electron chi connectivity index (χ3n) is 7.44. The van der Waals surface area contributed by atoms with E-state index in [1.807, 2.05) is 4.90 Å². The van der Waals surface area contributed by atoms with Gasteiger partial charge in [-0.3, -0.25) is 4.79 Å². The number of rotatable bonds is 3. The Labute approximate surface area is 183 Å². The molecule has 1 saturated heterocycles. The smallest absolute Gasteiger partial charge is 0.315 e. The molecule has 0 bridgehead atoms. The Morgan fingerprint density at radius 2 is 1.87 bits per heavy atom. The number of fused-ring (bicyclic) bond motifs is 4. The van der Waals surface area contributed by atoms with E-state index >= 15 is 0 Å². The van der Waals surface area contributed by atoms with Crippen LogP contribution < -0.4 is 16.0 Å². The van der Waals surface area contributed by atoms with Crippen LogP contribution in [-0.2, 0) is 16.8 Å². The lowest BCUT2D eigenvalue weighted by molar-refractivity contribution is -0.132. The third-order valence-corrected chi connectivity index (χ3v) is 7.44. The molecular weight excluding hydrogens is 390 g/mol. The van der Waals surface area contributed by atoms with Crippen molar-refractivity contribution in [3.8, 4) is 0 Å². The molecule has 5 rings (SSSR count). The molecule has 3 amide bonds. The van der Waals surface area contributed by atoms with Crippen LogP contribution in [0.2, 0.25) is 0 Å². The quantitative estimate of drug-likeness (QED) is 0.612. The van der Waals surface area contributed by atoms with E-state index in [0.717, 1.165) is 38.6 Å². The average Bonchev–Trinajstić information content (AvgIpc) is 3.19. The van der Waals surface area contributed by atoms with Crippen LogP contribution in [0.3, 0.4) is 0 Å². The molecule has 4 N–H and O–H groups in total. The fraction of sp³-hybridized carbons (Fsp3) is 0.583. The Morgan fingerprint density at radius 3 is 2.68 bits per heavy atom. The van der Waals surface area contributed by atoms with Gasteiger partial charge in [0.1, 0.15) is 0 Å². The van der Waals surface area contributed by atoms with E-state index in [4.69, 9.17) is 0 Å². The molecule has 1 spiro atoms. The van der Waals surface area contributed by atoms with Crippen LogP contribution in [0.25, 0.3) is 10.9 Å². The lowest BCUT2D eigenvalue weighted by Gasteiger charge is -2.44. The molecule has 1 aromatic heterocycles. The average molecular weight is 424 g/mol. The summed E-state index contributed by atoms with van der Waals surface area (Å²) in [5.74, 6) is 0.00123. The number of H-pyrrole nitrogens is 1. The number of likely N-dealkylation sites (tertiary alicyclic amines) is 1. The number of para-hydroxylation sites is 1. The molecular formula is C24H33N5O2. The van der Waals surface area contributed by atoms with Crippen molar-refractivity contribution in [2.24, 2.45) is 0 Å². The highest BCUT2D eigenvalue weighted by Crippen LogP contribution is 2.40. The van der Waals surface area contributed by atoms with Gasteiger partial charge in [0.15, 0.2) is 0 Å². The number of benzene rings is 1. The minimum absolute atomic E-state index is 0.00123. The van der Waals surface area contributed by atoms with Crippen molar-refractivity contribution in [3.05, 3.63) is 35.5 Å². The molecule has 2 aliphatic heterocycles. The highest BCUT2D eigenvalue weighted by atomic mass is 16.2. The zero-order chi connectivity index (χ0) is 21.3. The van der Waals surface area contributed by atoms with E-state index in [1.165, 1.54) is 41.4 Å². The summed E-state index contributed by atoms with van der Waals surface area (Å²) in [6.45, 7) is 2.43. The van der Waals surface area contributed by atoms with Gasteiger partial charge in [0.25, 0.3) is 0 Å². The van der Waals surface area contributed by atoms with E-state index in [2.05, 4.69) is 45.2 Å². The summed E-state index contributed by atoms with van der Waals surface area (Å²) in [6, 6.07) is 8.55. The van der Waals surface area contributed by atoms with Gasteiger partial charge in [-0.15, -0.1) is 0 Å². The van der Waals surface area contributed by atoms with E-state index in [0.29, 0.717) is 13.1 Å². The molecule has 0 unspecified atom stereocenters. The molecule has 3 heterocycles. The minimum Gasteiger partial charge on any atom is -0.357 e. The first-order valence-electron chi connectivity index (χ1n) is 11.8. The monoisotopic (exact) mass is 423 g/mol. The molecule has 1 aromatic carbocycles. The van der Waals surface area contributed by atoms with Gasteiger partial charge < -0.3 is 25.8 Å². The van der Waals surface area contributed by atoms with E-state index in [-0.39, 0.29) is 30.1 Å². The van der Waals surface area contributed by atoms with Gasteiger partial charge in [0.05, 0.1) is 12.1 Å². The number of piperidine rings is 1. The molecule has 1 aliphatic carbocycles. The Balaban J connectivity index is 1.17. The molecule has 0 radical (unpaired) electrons. The largest absolute Gasteiger partial charge is 0.357 e. The van der Waals surface area contributed by atoms with E-state index in [1.54, 1.807) is 0 Å². The molecule has 2 fully saturated rings. The standard InChI is InChI=1S/C24H33N5O2/c30-21(16-25-23(31)27-17-6-2-1-3-7-17)29-14-11-24(12-15-29)22-19(10-13-26-24)18-8-4-5-9-20(18)28-22/h4-5,8-9,17,26,28H,1-3,6-7,10-16H2,(H2,25,27,31). The maximum atomic E-state index is 12.7. The SMILES string of the molecule is O=C(NCC(=O)N1CCC2(CC1)NCCc1c2[nH]c2ccccc12)NC1CCCCC1. The topological polar surface area (TPSA) is 89.3 Å². The molecule has 1 saturated carbocycles. The van der Waals surface area contributed by atoms with Gasteiger partial charge in [-0.2, -0.15) is 0 Å². The fourth-order valence-electron chi connectivity index (χ4n) is 5.70. The maximum Gasteiger partial charge on any atom is 0.315 e. The second-order valence-corrected chi connectivity index (χ2v) is 9.33. The van der Waals surface area contributed by atoms with Gasteiger partial charge in [-0.1, -0.05) is 37.5 Å². The highest BCUT2D eigenvalue weighted by molar-refractivity contribution is 5.86. The Hall–Kier alpha value is -2.54. The molecule has 7 heteroatoms. The summed E-state index contributed by atoms with van der Waals surface area (Å²) in [6.07, 6.45) is 8.47. The summed E-state index contributed by atoms with van der Waals surface area (Å²) in [7, 11) is 0. The van der Waals surface area contributed by atoms with Crippen LogP contribution in [-0.4, -0.2) is 54.0 Å². The summed E-state index contributed by atoms with van der Waals surface area (Å²) >= 11 is 0. The first-order valence-corrected chi connectivity index (χ1v) is 11.8. The zero-order valence-electron chi connectivity index (χ0n) is 18.1. The summed E-state index contributed by atoms with van der Waals surface area (Å²) < 4.78 is 0. The van der Waals surface area contributed by atoms with Crippen LogP contribution in [0.15, 0.2) is 24.3 Å². The molecule has 2 aromatic rings. The van der Waals surface area contributed by atoms with Crippen molar-refractivity contribution in [3.63, 3.8) is 0 Å². The number of aromatic nitrogens is 1. The Kier molecular flexibility index (Phi) is 5.61. The predicted octanol–water partition coefficient (Wildman–Crippen LogP) is 2.76. The second kappa shape index (κ2) is 8.54. The van der Waals surface area contributed by atoms with Crippen LogP contribution in [0.4, 0.5) is 4.79 Å². The van der Waals surface area contributed by atoms with Crippen molar-refractivity contribution in [1.29, 1.82) is 0 Å². The van der Waals surface area contributed by atoms with Gasteiger partial charge >= 0.3 is 6.03 Å². The highest BCUT2D eigenvalue weighted by Gasteiger charge is 2.42. The third kappa shape index (κ3) is 4.03. The van der Waals surface area contributed by atoms with E-state index < -0.39 is 0 Å². The van der Waals surface area contributed by atoms with E-state index in [9.17, 15) is 9.59 Å². The van der Waals surface area contributed by atoms with Gasteiger partial charge in [-0.05, 0) is 43.7 Å². The number of hydrogen-bond donors (Lipinski definition) is 4. The number of hydrogen-bond acceptors (Lipinski definition) is 3. The van der Waals surface area contributed by atoms with Crippen LogP contribution in [0, 0.1) is 0 Å². The molecule has 0 atom stereocenters. The van der Waals surface area contributed by atoms with Crippen molar-refractivity contribution in [1.82, 2.24) is 25.8 Å². The number of carbonyl (C=O) groups is 2. The van der Waals surface area contributed by atoms with Crippen molar-refractivity contribution in [2.45, 2.75) is 62.9 Å².